The van der Waals surface area contributed by atoms with E-state index in [0.29, 0.717) is 23.8 Å². The number of amides is 1. The second-order valence-electron chi connectivity index (χ2n) is 5.74. The lowest BCUT2D eigenvalue weighted by Gasteiger charge is -2.21. The van der Waals surface area contributed by atoms with Crippen LogP contribution in [0.3, 0.4) is 0 Å². The van der Waals surface area contributed by atoms with Crippen LogP contribution in [0.15, 0.2) is 23.2 Å². The van der Waals surface area contributed by atoms with Crippen LogP contribution in [-0.4, -0.2) is 54.3 Å². The summed E-state index contributed by atoms with van der Waals surface area (Å²) in [6, 6.07) is 5.56. The fourth-order valence-electron chi connectivity index (χ4n) is 2.73. The van der Waals surface area contributed by atoms with Gasteiger partial charge in [-0.25, -0.2) is 4.99 Å². The van der Waals surface area contributed by atoms with Gasteiger partial charge in [-0.05, 0) is 31.0 Å². The molecule has 130 valence electrons. The van der Waals surface area contributed by atoms with Crippen molar-refractivity contribution in [1.29, 1.82) is 0 Å². The van der Waals surface area contributed by atoms with Gasteiger partial charge in [0.25, 0.3) is 0 Å². The van der Waals surface area contributed by atoms with E-state index in [4.69, 9.17) is 11.5 Å². The first-order valence-electron chi connectivity index (χ1n) is 8.36. The first-order chi connectivity index (χ1) is 11.5. The Morgan fingerprint density at radius 3 is 2.50 bits per heavy atom. The first kappa shape index (κ1) is 17.8. The van der Waals surface area contributed by atoms with Crippen molar-refractivity contribution in [2.24, 2.45) is 10.7 Å². The van der Waals surface area contributed by atoms with Crippen molar-refractivity contribution in [2.75, 3.05) is 37.8 Å². The Labute approximate surface area is 143 Å². The predicted molar refractivity (Wildman–Crippen MR) is 98.9 cm³/mol. The standard InChI is InChI=1S/C15H20N6O.C2H6/c1-19(2)10-5-6-12(11(16)9-10)18-13-14(17)20-7-3-4-8-21(20)15(13)22;1-2/h5-6,9H,3-4,7-8H2,1-2H3,(H3,16,17,22);1-2H3/p+1. The minimum Gasteiger partial charge on any atom is -0.397 e. The Bertz CT molecular complexity index is 692. The summed E-state index contributed by atoms with van der Waals surface area (Å²) in [7, 11) is 3.88. The lowest BCUT2D eigenvalue weighted by Crippen LogP contribution is -2.41. The highest BCUT2D eigenvalue weighted by atomic mass is 16.2. The third-order valence-electron chi connectivity index (χ3n) is 4.00. The number of carbonyl (C=O) groups excluding carboxylic acids is 1. The van der Waals surface area contributed by atoms with Crippen LogP contribution in [0.2, 0.25) is 0 Å². The normalized spacial score (nSPS) is 18.4. The number of aliphatic imine (C=N–C) groups is 1. The van der Waals surface area contributed by atoms with E-state index in [1.807, 2.05) is 55.7 Å². The lowest BCUT2D eigenvalue weighted by molar-refractivity contribution is -0.673. The highest BCUT2D eigenvalue weighted by Gasteiger charge is 2.42. The van der Waals surface area contributed by atoms with Gasteiger partial charge < -0.3 is 10.6 Å². The molecule has 0 radical (unpaired) electrons. The van der Waals surface area contributed by atoms with E-state index in [2.05, 4.69) is 4.99 Å². The molecule has 24 heavy (non-hydrogen) atoms. The molecule has 1 amide bonds. The quantitative estimate of drug-likeness (QED) is 0.632. The smallest absolute Gasteiger partial charge is 0.323 e. The molecule has 1 aromatic carbocycles. The van der Waals surface area contributed by atoms with Crippen LogP contribution in [0.25, 0.3) is 0 Å². The molecule has 3 rings (SSSR count). The van der Waals surface area contributed by atoms with E-state index in [1.54, 1.807) is 5.01 Å². The number of nitrogen functional groups attached to an aromatic ring is 1. The Hall–Kier alpha value is -2.57. The summed E-state index contributed by atoms with van der Waals surface area (Å²) in [5, 5.41) is 1.67. The minimum atomic E-state index is -0.145. The van der Waals surface area contributed by atoms with Gasteiger partial charge in [-0.2, -0.15) is 9.69 Å². The molecule has 1 fully saturated rings. The van der Waals surface area contributed by atoms with Gasteiger partial charge >= 0.3 is 11.7 Å². The average molecular weight is 331 g/mol. The number of hydrogen-bond donors (Lipinski definition) is 2. The number of hydrazine groups is 1. The van der Waals surface area contributed by atoms with Crippen LogP contribution in [0.1, 0.15) is 26.7 Å². The summed E-state index contributed by atoms with van der Waals surface area (Å²) >= 11 is 0. The lowest BCUT2D eigenvalue weighted by atomic mass is 10.2. The van der Waals surface area contributed by atoms with E-state index in [0.717, 1.165) is 25.1 Å². The van der Waals surface area contributed by atoms with E-state index in [-0.39, 0.29) is 11.6 Å². The van der Waals surface area contributed by atoms with Crippen LogP contribution in [0, 0.1) is 0 Å². The Morgan fingerprint density at radius 2 is 1.92 bits per heavy atom. The van der Waals surface area contributed by atoms with E-state index in [1.165, 1.54) is 0 Å². The zero-order chi connectivity index (χ0) is 17.9. The third kappa shape index (κ3) is 3.20. The summed E-state index contributed by atoms with van der Waals surface area (Å²) in [6.45, 7) is 5.44. The molecular formula is C17H27N6O+. The number of hydrazone groups is 1. The predicted octanol–water partition coefficient (Wildman–Crippen LogP) is 1.35. The largest absolute Gasteiger partial charge is 0.397 e. The SMILES string of the molecule is CC.CN(C)c1ccc(N=C2C(=O)N3CCCC[N+]3=C2N)c(N)c1. The van der Waals surface area contributed by atoms with Gasteiger partial charge in [0.2, 0.25) is 5.71 Å². The molecule has 0 saturated carbocycles. The monoisotopic (exact) mass is 331 g/mol. The molecule has 2 heterocycles. The van der Waals surface area contributed by atoms with Crippen molar-refractivity contribution in [3.8, 4) is 0 Å². The van der Waals surface area contributed by atoms with Gasteiger partial charge in [0, 0.05) is 19.8 Å². The molecule has 1 aromatic rings. The second-order valence-corrected chi connectivity index (χ2v) is 5.74. The van der Waals surface area contributed by atoms with Crippen LogP contribution in [0.5, 0.6) is 0 Å². The van der Waals surface area contributed by atoms with Crippen molar-refractivity contribution in [3.05, 3.63) is 18.2 Å². The molecule has 2 aliphatic rings. The number of amidine groups is 1. The highest BCUT2D eigenvalue weighted by molar-refractivity contribution is 6.66. The summed E-state index contributed by atoms with van der Waals surface area (Å²) in [6.07, 6.45) is 2.01. The van der Waals surface area contributed by atoms with Crippen molar-refractivity contribution in [3.63, 3.8) is 0 Å². The minimum absolute atomic E-state index is 0.145. The molecule has 0 spiro atoms. The molecule has 0 atom stereocenters. The molecule has 0 aliphatic carbocycles. The number of fused-ring (bicyclic) bond motifs is 1. The molecule has 2 aliphatic heterocycles. The number of nitrogens with two attached hydrogens (primary N) is 2. The summed E-state index contributed by atoms with van der Waals surface area (Å²) < 4.78 is 1.81. The molecule has 0 bridgehead atoms. The number of anilines is 2. The molecule has 0 aromatic heterocycles. The maximum absolute atomic E-state index is 12.4. The average Bonchev–Trinajstić information content (AvgIpc) is 2.83. The third-order valence-corrected chi connectivity index (χ3v) is 4.00. The zero-order valence-corrected chi connectivity index (χ0v) is 14.9. The number of hydrogen-bond acceptors (Lipinski definition) is 5. The zero-order valence-electron chi connectivity index (χ0n) is 14.9. The maximum atomic E-state index is 12.4. The fraction of sp³-hybridized carbons (Fsp3) is 0.471. The Balaban J connectivity index is 0.00000100. The molecule has 1 saturated heterocycles. The molecule has 7 nitrogen and oxygen atoms in total. The summed E-state index contributed by atoms with van der Waals surface area (Å²) in [5.41, 5.74) is 14.5. The van der Waals surface area contributed by atoms with Gasteiger partial charge in [-0.1, -0.05) is 13.8 Å². The number of nitrogens with zero attached hydrogens (tertiary/aromatic N) is 4. The van der Waals surface area contributed by atoms with Gasteiger partial charge in [0.05, 0.1) is 17.9 Å². The molecule has 4 N–H and O–H groups in total. The molecule has 0 unspecified atom stereocenters. The van der Waals surface area contributed by atoms with E-state index in [9.17, 15) is 4.79 Å². The van der Waals surface area contributed by atoms with Crippen LogP contribution < -0.4 is 16.4 Å². The molecular weight excluding hydrogens is 304 g/mol. The highest BCUT2D eigenvalue weighted by Crippen LogP contribution is 2.27. The Kier molecular flexibility index (Phi) is 5.43. The van der Waals surface area contributed by atoms with E-state index < -0.39 is 0 Å². The number of rotatable bonds is 2. The van der Waals surface area contributed by atoms with Crippen LogP contribution in [-0.2, 0) is 4.79 Å². The van der Waals surface area contributed by atoms with Gasteiger partial charge in [0.1, 0.15) is 6.54 Å². The van der Waals surface area contributed by atoms with Crippen molar-refractivity contribution >= 4 is 34.5 Å². The van der Waals surface area contributed by atoms with Crippen molar-refractivity contribution in [1.82, 2.24) is 5.01 Å². The maximum Gasteiger partial charge on any atom is 0.323 e. The van der Waals surface area contributed by atoms with Crippen LogP contribution in [0.4, 0.5) is 17.1 Å². The van der Waals surface area contributed by atoms with Crippen LogP contribution >= 0.6 is 0 Å². The Morgan fingerprint density at radius 1 is 1.21 bits per heavy atom. The number of carbonyl (C=O) groups is 1. The summed E-state index contributed by atoms with van der Waals surface area (Å²) in [4.78, 5) is 18.8. The summed E-state index contributed by atoms with van der Waals surface area (Å²) in [5.74, 6) is 0.272. The van der Waals surface area contributed by atoms with E-state index >= 15 is 0 Å². The fourth-order valence-corrected chi connectivity index (χ4v) is 2.73. The first-order valence-corrected chi connectivity index (χ1v) is 8.36. The van der Waals surface area contributed by atoms with Crippen molar-refractivity contribution < 1.29 is 9.48 Å². The molecule has 7 heteroatoms. The topological polar surface area (TPSA) is 91.0 Å². The second kappa shape index (κ2) is 7.33. The van der Waals surface area contributed by atoms with Crippen molar-refractivity contribution in [2.45, 2.75) is 26.7 Å². The number of benzene rings is 1. The van der Waals surface area contributed by atoms with Gasteiger partial charge in [0.15, 0.2) is 0 Å². The van der Waals surface area contributed by atoms with Gasteiger partial charge in [-0.15, -0.1) is 0 Å². The van der Waals surface area contributed by atoms with Gasteiger partial charge in [-0.3, -0.25) is 10.5 Å².